The molecule has 48 heavy (non-hydrogen) atoms. The zero-order valence-electron chi connectivity index (χ0n) is 25.9. The molecule has 0 heterocycles. The van der Waals surface area contributed by atoms with Gasteiger partial charge in [0, 0.05) is 31.1 Å². The number of nitrogens with one attached hydrogen (secondary N) is 1. The summed E-state index contributed by atoms with van der Waals surface area (Å²) in [6.07, 6.45) is 3.75. The number of amides is 2. The first kappa shape index (κ1) is 34.9. The second kappa shape index (κ2) is 15.6. The molecule has 250 valence electrons. The van der Waals surface area contributed by atoms with Crippen molar-refractivity contribution < 1.29 is 22.9 Å². The van der Waals surface area contributed by atoms with E-state index in [1.807, 2.05) is 30.3 Å². The topological polar surface area (TPSA) is 130 Å². The van der Waals surface area contributed by atoms with Gasteiger partial charge in [0.25, 0.3) is 15.7 Å². The van der Waals surface area contributed by atoms with E-state index in [4.69, 9.17) is 23.2 Å². The lowest BCUT2D eigenvalue weighted by molar-refractivity contribution is -0.384. The van der Waals surface area contributed by atoms with E-state index in [-0.39, 0.29) is 46.2 Å². The molecule has 4 aromatic carbocycles. The van der Waals surface area contributed by atoms with Crippen molar-refractivity contribution in [1.29, 1.82) is 0 Å². The van der Waals surface area contributed by atoms with Gasteiger partial charge in [0.1, 0.15) is 12.6 Å². The summed E-state index contributed by atoms with van der Waals surface area (Å²) in [7, 11) is -4.41. The molecule has 5 rings (SSSR count). The highest BCUT2D eigenvalue weighted by atomic mass is 35.5. The molecule has 1 atom stereocenters. The van der Waals surface area contributed by atoms with Gasteiger partial charge < -0.3 is 10.2 Å². The molecule has 2 amide bonds. The van der Waals surface area contributed by atoms with E-state index in [1.165, 1.54) is 35.2 Å². The predicted molar refractivity (Wildman–Crippen MR) is 185 cm³/mol. The maximum atomic E-state index is 14.6. The molecule has 0 bridgehead atoms. The number of anilines is 1. The summed E-state index contributed by atoms with van der Waals surface area (Å²) in [5.41, 5.74) is 0.936. The number of carbonyl (C=O) groups is 2. The highest BCUT2D eigenvalue weighted by Crippen LogP contribution is 2.29. The normalized spacial score (nSPS) is 13.9. The predicted octanol–water partition coefficient (Wildman–Crippen LogP) is 6.80. The van der Waals surface area contributed by atoms with E-state index in [0.29, 0.717) is 10.6 Å². The van der Waals surface area contributed by atoms with Crippen LogP contribution in [0.3, 0.4) is 0 Å². The number of hydrogen-bond acceptors (Lipinski definition) is 6. The van der Waals surface area contributed by atoms with Crippen molar-refractivity contribution in [2.75, 3.05) is 10.8 Å². The third-order valence-electron chi connectivity index (χ3n) is 8.25. The van der Waals surface area contributed by atoms with Crippen LogP contribution < -0.4 is 9.62 Å². The molecule has 0 aliphatic heterocycles. The average molecular weight is 710 g/mol. The largest absolute Gasteiger partial charge is 0.352 e. The van der Waals surface area contributed by atoms with Crippen molar-refractivity contribution in [2.24, 2.45) is 0 Å². The molecule has 1 N–H and O–H groups in total. The van der Waals surface area contributed by atoms with Gasteiger partial charge >= 0.3 is 0 Å². The van der Waals surface area contributed by atoms with E-state index in [9.17, 15) is 28.1 Å². The van der Waals surface area contributed by atoms with Gasteiger partial charge in [0.2, 0.25) is 11.8 Å². The minimum atomic E-state index is -4.41. The van der Waals surface area contributed by atoms with Crippen molar-refractivity contribution in [3.63, 3.8) is 0 Å². The lowest BCUT2D eigenvalue weighted by Gasteiger charge is -2.34. The molecule has 0 unspecified atom stereocenters. The Kier molecular flexibility index (Phi) is 11.4. The number of carbonyl (C=O) groups excluding carboxylic acids is 2. The van der Waals surface area contributed by atoms with Gasteiger partial charge in [-0.1, -0.05) is 96.7 Å². The van der Waals surface area contributed by atoms with Gasteiger partial charge in [-0.25, -0.2) is 8.42 Å². The lowest BCUT2D eigenvalue weighted by atomic mass is 10.0. The third-order valence-corrected chi connectivity index (χ3v) is 10.8. The third kappa shape index (κ3) is 8.52. The Morgan fingerprint density at radius 1 is 0.854 bits per heavy atom. The van der Waals surface area contributed by atoms with E-state index < -0.39 is 33.4 Å². The maximum Gasteiger partial charge on any atom is 0.271 e. The first-order chi connectivity index (χ1) is 23.0. The molecular weight excluding hydrogens is 675 g/mol. The zero-order chi connectivity index (χ0) is 34.3. The second-order valence-electron chi connectivity index (χ2n) is 11.6. The van der Waals surface area contributed by atoms with Gasteiger partial charge in [-0.2, -0.15) is 0 Å². The number of sulfonamides is 1. The Morgan fingerprint density at radius 2 is 1.52 bits per heavy atom. The molecule has 1 saturated carbocycles. The molecule has 13 heteroatoms. The van der Waals surface area contributed by atoms with Crippen LogP contribution in [0.2, 0.25) is 10.0 Å². The molecule has 1 fully saturated rings. The van der Waals surface area contributed by atoms with E-state index in [1.54, 1.807) is 36.4 Å². The molecule has 1 aliphatic rings. The van der Waals surface area contributed by atoms with Crippen molar-refractivity contribution in [1.82, 2.24) is 10.2 Å². The first-order valence-electron chi connectivity index (χ1n) is 15.4. The van der Waals surface area contributed by atoms with Crippen molar-refractivity contribution in [2.45, 2.75) is 55.6 Å². The standard InChI is InChI=1S/C35H34Cl2N4O6S/c36-31-19-18-26(20-32(31)37)23-39(33(21-25-10-3-1-4-11-25)35(43)38-27-12-7-8-13-27)34(42)24-40(28-14-9-15-29(22-28)41(44)45)48(46,47)30-16-5-2-6-17-30/h1-6,9-11,14-20,22,27,33H,7-8,12-13,21,23-24H2,(H,38,43)/t33-/m1/s1. The van der Waals surface area contributed by atoms with Gasteiger partial charge in [0.15, 0.2) is 0 Å². The Morgan fingerprint density at radius 3 is 2.17 bits per heavy atom. The maximum absolute atomic E-state index is 14.6. The zero-order valence-corrected chi connectivity index (χ0v) is 28.2. The van der Waals surface area contributed by atoms with Crippen molar-refractivity contribution >= 4 is 56.4 Å². The molecular formula is C35H34Cl2N4O6S. The van der Waals surface area contributed by atoms with Crippen LogP contribution in [0.25, 0.3) is 0 Å². The van der Waals surface area contributed by atoms with Gasteiger partial charge in [-0.15, -0.1) is 0 Å². The fourth-order valence-electron chi connectivity index (χ4n) is 5.77. The molecule has 0 spiro atoms. The number of benzene rings is 4. The number of nitro benzene ring substituents is 1. The van der Waals surface area contributed by atoms with Crippen LogP contribution in [0.5, 0.6) is 0 Å². The Balaban J connectivity index is 1.59. The number of nitro groups is 1. The fraction of sp³-hybridized carbons (Fsp3) is 0.257. The number of hydrogen-bond donors (Lipinski definition) is 1. The smallest absolute Gasteiger partial charge is 0.271 e. The summed E-state index contributed by atoms with van der Waals surface area (Å²) in [5.74, 6) is -1.07. The minimum absolute atomic E-state index is 0.0440. The number of non-ortho nitro benzene ring substituents is 1. The summed E-state index contributed by atoms with van der Waals surface area (Å²) < 4.78 is 29.1. The lowest BCUT2D eigenvalue weighted by Crippen LogP contribution is -2.54. The van der Waals surface area contributed by atoms with E-state index >= 15 is 0 Å². The van der Waals surface area contributed by atoms with Crippen molar-refractivity contribution in [3.8, 4) is 0 Å². The summed E-state index contributed by atoms with van der Waals surface area (Å²) >= 11 is 12.5. The fourth-order valence-corrected chi connectivity index (χ4v) is 7.51. The van der Waals surface area contributed by atoms with Crippen LogP contribution in [-0.2, 0) is 32.6 Å². The number of rotatable bonds is 13. The second-order valence-corrected chi connectivity index (χ2v) is 14.2. The van der Waals surface area contributed by atoms with Crippen LogP contribution in [0.1, 0.15) is 36.8 Å². The van der Waals surface area contributed by atoms with Gasteiger partial charge in [-0.05, 0) is 54.3 Å². The van der Waals surface area contributed by atoms with Crippen LogP contribution in [-0.4, -0.2) is 48.7 Å². The minimum Gasteiger partial charge on any atom is -0.352 e. The summed E-state index contributed by atoms with van der Waals surface area (Å²) in [4.78, 5) is 41.0. The molecule has 10 nitrogen and oxygen atoms in total. The molecule has 0 saturated heterocycles. The summed E-state index contributed by atoms with van der Waals surface area (Å²) in [6, 6.07) is 25.6. The monoisotopic (exact) mass is 708 g/mol. The molecule has 1 aliphatic carbocycles. The SMILES string of the molecule is O=C(NC1CCCC1)[C@@H](Cc1ccccc1)N(Cc1ccc(Cl)c(Cl)c1)C(=O)CN(c1cccc([N+](=O)[O-])c1)S(=O)(=O)c1ccccc1. The Hall–Kier alpha value is -4.45. The van der Waals surface area contributed by atoms with E-state index in [0.717, 1.165) is 41.6 Å². The Labute approximate surface area is 289 Å². The van der Waals surface area contributed by atoms with Crippen molar-refractivity contribution in [3.05, 3.63) is 134 Å². The van der Waals surface area contributed by atoms with Crippen LogP contribution in [0.15, 0.2) is 108 Å². The first-order valence-corrected chi connectivity index (χ1v) is 17.6. The molecule has 0 radical (unpaired) electrons. The highest BCUT2D eigenvalue weighted by Gasteiger charge is 2.36. The Bertz CT molecular complexity index is 1870. The van der Waals surface area contributed by atoms with Gasteiger partial charge in [0.05, 0.1) is 25.6 Å². The van der Waals surface area contributed by atoms with Gasteiger partial charge in [-0.3, -0.25) is 24.0 Å². The van der Waals surface area contributed by atoms with E-state index in [2.05, 4.69) is 5.32 Å². The van der Waals surface area contributed by atoms with Crippen LogP contribution in [0.4, 0.5) is 11.4 Å². The van der Waals surface area contributed by atoms with Crippen LogP contribution >= 0.6 is 23.2 Å². The quantitative estimate of drug-likeness (QED) is 0.120. The highest BCUT2D eigenvalue weighted by molar-refractivity contribution is 7.92. The number of halogens is 2. The average Bonchev–Trinajstić information content (AvgIpc) is 3.60. The summed E-state index contributed by atoms with van der Waals surface area (Å²) in [5, 5.41) is 15.3. The number of nitrogens with zero attached hydrogens (tertiary/aromatic N) is 3. The molecule has 4 aromatic rings. The summed E-state index contributed by atoms with van der Waals surface area (Å²) in [6.45, 7) is -0.846. The molecule has 0 aromatic heterocycles. The van der Waals surface area contributed by atoms with Crippen LogP contribution in [0, 0.1) is 10.1 Å².